The summed E-state index contributed by atoms with van der Waals surface area (Å²) < 4.78 is 1.74. The van der Waals surface area contributed by atoms with Gasteiger partial charge in [0.05, 0.1) is 27.5 Å². The molecule has 0 radical (unpaired) electrons. The average Bonchev–Trinajstić information content (AvgIpc) is 2.96. The molecule has 8 nitrogen and oxygen atoms in total. The molecular weight excluding hydrogens is 322 g/mol. The van der Waals surface area contributed by atoms with E-state index < -0.39 is 11.0 Å². The van der Waals surface area contributed by atoms with Gasteiger partial charge in [-0.3, -0.25) is 19.6 Å². The van der Waals surface area contributed by atoms with Crippen molar-refractivity contribution in [2.75, 3.05) is 10.6 Å². The van der Waals surface area contributed by atoms with E-state index in [9.17, 15) is 14.9 Å². The van der Waals surface area contributed by atoms with Gasteiger partial charge >= 0.3 is 0 Å². The maximum absolute atomic E-state index is 12.2. The van der Waals surface area contributed by atoms with Gasteiger partial charge in [-0.25, -0.2) is 0 Å². The van der Waals surface area contributed by atoms with Crippen molar-refractivity contribution in [3.8, 4) is 0 Å². The predicted octanol–water partition coefficient (Wildman–Crippen LogP) is 2.90. The van der Waals surface area contributed by atoms with Crippen molar-refractivity contribution in [3.63, 3.8) is 0 Å². The number of aryl methyl sites for hydroxylation is 1. The molecule has 0 spiro atoms. The van der Waals surface area contributed by atoms with Gasteiger partial charge in [0.15, 0.2) is 0 Å². The lowest BCUT2D eigenvalue weighted by Crippen LogP contribution is -2.31. The minimum Gasteiger partial charge on any atom is -0.371 e. The third-order valence-electron chi connectivity index (χ3n) is 3.16. The third-order valence-corrected chi connectivity index (χ3v) is 3.47. The van der Waals surface area contributed by atoms with Crippen molar-refractivity contribution >= 4 is 34.6 Å². The summed E-state index contributed by atoms with van der Waals surface area (Å²) in [5.74, 6) is -0.315. The SMILES string of the molecule is CCn1cc(N[C@H](C)C(=O)Nc2ccc([N+](=O)[O-])cc2Cl)cn1. The van der Waals surface area contributed by atoms with Crippen LogP contribution in [0.1, 0.15) is 13.8 Å². The zero-order valence-electron chi connectivity index (χ0n) is 12.6. The predicted molar refractivity (Wildman–Crippen MR) is 87.7 cm³/mol. The van der Waals surface area contributed by atoms with Crippen LogP contribution < -0.4 is 10.6 Å². The summed E-state index contributed by atoms with van der Waals surface area (Å²) in [5.41, 5.74) is 0.913. The first-order chi connectivity index (χ1) is 10.9. The zero-order valence-corrected chi connectivity index (χ0v) is 13.4. The smallest absolute Gasteiger partial charge is 0.271 e. The van der Waals surface area contributed by atoms with Crippen LogP contribution in [-0.4, -0.2) is 26.7 Å². The summed E-state index contributed by atoms with van der Waals surface area (Å²) in [6, 6.07) is 3.35. The number of non-ortho nitro benzene ring substituents is 1. The van der Waals surface area contributed by atoms with Crippen molar-refractivity contribution in [2.24, 2.45) is 0 Å². The second-order valence-corrected chi connectivity index (χ2v) is 5.27. The average molecular weight is 338 g/mol. The molecule has 0 bridgehead atoms. The number of anilines is 2. The van der Waals surface area contributed by atoms with Gasteiger partial charge in [0.25, 0.3) is 5.69 Å². The highest BCUT2D eigenvalue weighted by Crippen LogP contribution is 2.26. The standard InChI is InChI=1S/C14H16ClN5O3/c1-3-19-8-10(7-16-19)17-9(2)14(21)18-13-5-4-11(20(22)23)6-12(13)15/h4-9,17H,3H2,1-2H3,(H,18,21)/t9-/m1/s1. The molecular formula is C14H16ClN5O3. The summed E-state index contributed by atoms with van der Waals surface area (Å²) in [5, 5.41) is 20.5. The minimum absolute atomic E-state index is 0.110. The highest BCUT2D eigenvalue weighted by Gasteiger charge is 2.16. The van der Waals surface area contributed by atoms with Crippen LogP contribution in [0.2, 0.25) is 5.02 Å². The molecule has 1 aromatic heterocycles. The molecule has 1 atom stereocenters. The highest BCUT2D eigenvalue weighted by molar-refractivity contribution is 6.34. The molecule has 2 rings (SSSR count). The number of nitro groups is 1. The lowest BCUT2D eigenvalue weighted by Gasteiger charge is -2.14. The van der Waals surface area contributed by atoms with Crippen LogP contribution in [0.3, 0.4) is 0 Å². The topological polar surface area (TPSA) is 102 Å². The Morgan fingerprint density at radius 3 is 2.83 bits per heavy atom. The molecule has 0 saturated carbocycles. The van der Waals surface area contributed by atoms with Crippen LogP contribution in [0.25, 0.3) is 0 Å². The van der Waals surface area contributed by atoms with Gasteiger partial charge in [-0.15, -0.1) is 0 Å². The van der Waals surface area contributed by atoms with E-state index in [1.807, 2.05) is 6.92 Å². The lowest BCUT2D eigenvalue weighted by molar-refractivity contribution is -0.384. The molecule has 0 unspecified atom stereocenters. The van der Waals surface area contributed by atoms with Gasteiger partial charge in [0.1, 0.15) is 6.04 Å². The molecule has 1 aromatic carbocycles. The largest absolute Gasteiger partial charge is 0.371 e. The number of aromatic nitrogens is 2. The number of hydrogen-bond acceptors (Lipinski definition) is 5. The Kier molecular flexibility index (Phi) is 5.17. The Morgan fingerprint density at radius 2 is 2.26 bits per heavy atom. The van der Waals surface area contributed by atoms with Crippen molar-refractivity contribution in [3.05, 3.63) is 45.7 Å². The van der Waals surface area contributed by atoms with Crippen LogP contribution in [-0.2, 0) is 11.3 Å². The first-order valence-electron chi connectivity index (χ1n) is 6.94. The van der Waals surface area contributed by atoms with Crippen molar-refractivity contribution in [1.82, 2.24) is 9.78 Å². The molecule has 0 fully saturated rings. The second-order valence-electron chi connectivity index (χ2n) is 4.86. The summed E-state index contributed by atoms with van der Waals surface area (Å²) in [4.78, 5) is 22.3. The number of benzene rings is 1. The van der Waals surface area contributed by atoms with E-state index in [0.29, 0.717) is 5.69 Å². The molecule has 0 aliphatic carbocycles. The number of nitro benzene ring substituents is 1. The number of carbonyl (C=O) groups is 1. The third kappa shape index (κ3) is 4.19. The van der Waals surface area contributed by atoms with Crippen LogP contribution in [0.4, 0.5) is 17.1 Å². The lowest BCUT2D eigenvalue weighted by atomic mass is 10.2. The molecule has 23 heavy (non-hydrogen) atoms. The monoisotopic (exact) mass is 337 g/mol. The number of hydrogen-bond donors (Lipinski definition) is 2. The molecule has 2 N–H and O–H groups in total. The van der Waals surface area contributed by atoms with Crippen LogP contribution in [0.5, 0.6) is 0 Å². The minimum atomic E-state index is -0.549. The number of carbonyl (C=O) groups excluding carboxylic acids is 1. The fourth-order valence-corrected chi connectivity index (χ4v) is 2.11. The molecule has 0 aliphatic rings. The van der Waals surface area contributed by atoms with Gasteiger partial charge in [-0.2, -0.15) is 5.10 Å². The number of halogens is 1. The van der Waals surface area contributed by atoms with Crippen molar-refractivity contribution in [2.45, 2.75) is 26.4 Å². The van der Waals surface area contributed by atoms with Gasteiger partial charge in [-0.1, -0.05) is 11.6 Å². The van der Waals surface area contributed by atoms with E-state index in [0.717, 1.165) is 12.2 Å². The summed E-state index contributed by atoms with van der Waals surface area (Å²) in [6.07, 6.45) is 3.43. The van der Waals surface area contributed by atoms with Crippen LogP contribution >= 0.6 is 11.6 Å². The number of nitrogens with zero attached hydrogens (tertiary/aromatic N) is 3. The Hall–Kier alpha value is -2.61. The van der Waals surface area contributed by atoms with E-state index in [-0.39, 0.29) is 16.6 Å². The molecule has 0 saturated heterocycles. The Balaban J connectivity index is 2.01. The van der Waals surface area contributed by atoms with Crippen molar-refractivity contribution in [1.29, 1.82) is 0 Å². The molecule has 1 amide bonds. The van der Waals surface area contributed by atoms with E-state index in [1.54, 1.807) is 24.0 Å². The fourth-order valence-electron chi connectivity index (χ4n) is 1.89. The van der Waals surface area contributed by atoms with Gasteiger partial charge < -0.3 is 10.6 Å². The number of amides is 1. The van der Waals surface area contributed by atoms with E-state index in [1.165, 1.54) is 18.2 Å². The van der Waals surface area contributed by atoms with Gasteiger partial charge in [-0.05, 0) is 19.9 Å². The first-order valence-corrected chi connectivity index (χ1v) is 7.32. The number of rotatable bonds is 6. The van der Waals surface area contributed by atoms with Crippen LogP contribution in [0, 0.1) is 10.1 Å². The van der Waals surface area contributed by atoms with Crippen LogP contribution in [0.15, 0.2) is 30.6 Å². The van der Waals surface area contributed by atoms with E-state index in [4.69, 9.17) is 11.6 Å². The summed E-state index contributed by atoms with van der Waals surface area (Å²) >= 11 is 5.95. The molecule has 9 heteroatoms. The van der Waals surface area contributed by atoms with Crippen molar-refractivity contribution < 1.29 is 9.72 Å². The molecule has 1 heterocycles. The Bertz CT molecular complexity index is 731. The Labute approximate surface area is 137 Å². The molecule has 2 aromatic rings. The van der Waals surface area contributed by atoms with Gasteiger partial charge in [0, 0.05) is 24.9 Å². The quantitative estimate of drug-likeness (QED) is 0.623. The maximum Gasteiger partial charge on any atom is 0.271 e. The summed E-state index contributed by atoms with van der Waals surface area (Å²) in [6.45, 7) is 4.39. The fraction of sp³-hybridized carbons (Fsp3) is 0.286. The normalized spacial score (nSPS) is 11.8. The first kappa shape index (κ1) is 16.8. The van der Waals surface area contributed by atoms with Gasteiger partial charge in [0.2, 0.25) is 5.91 Å². The van der Waals surface area contributed by atoms with E-state index >= 15 is 0 Å². The molecule has 0 aliphatic heterocycles. The number of nitrogens with one attached hydrogen (secondary N) is 2. The zero-order chi connectivity index (χ0) is 17.0. The maximum atomic E-state index is 12.2. The van der Waals surface area contributed by atoms with E-state index in [2.05, 4.69) is 15.7 Å². The highest BCUT2D eigenvalue weighted by atomic mass is 35.5. The summed E-state index contributed by atoms with van der Waals surface area (Å²) in [7, 11) is 0. The Morgan fingerprint density at radius 1 is 1.52 bits per heavy atom. The molecule has 122 valence electrons. The second kappa shape index (κ2) is 7.10.